The molecule has 82 valence electrons. The smallest absolute Gasteiger partial charge is 0.181 e. The minimum Gasteiger partial charge on any atom is -0.375 e. The molecule has 1 aromatic heterocycles. The molecule has 2 nitrogen and oxygen atoms in total. The third-order valence-corrected chi connectivity index (χ3v) is 3.33. The Hall–Kier alpha value is -1.53. The maximum absolute atomic E-state index is 5.75. The maximum Gasteiger partial charge on any atom is 0.181 e. The molecule has 0 spiro atoms. The minimum atomic E-state index is -0.0261. The topological polar surface area (TPSA) is 38.9 Å². The molecule has 3 heteroatoms. The van der Waals surface area contributed by atoms with Gasteiger partial charge >= 0.3 is 0 Å². The van der Waals surface area contributed by atoms with Crippen molar-refractivity contribution >= 4 is 26.7 Å². The lowest BCUT2D eigenvalue weighted by Crippen LogP contribution is -2.14. The molecule has 1 heterocycles. The molecule has 0 bridgehead atoms. The number of hydrogen-bond acceptors (Lipinski definition) is 3. The maximum atomic E-state index is 5.75. The van der Waals surface area contributed by atoms with Gasteiger partial charge in [0.1, 0.15) is 0 Å². The molecule has 0 saturated heterocycles. The average Bonchev–Trinajstić information content (AvgIpc) is 2.54. The van der Waals surface area contributed by atoms with Crippen molar-refractivity contribution in [1.29, 1.82) is 0 Å². The van der Waals surface area contributed by atoms with Gasteiger partial charge in [-0.2, -0.15) is 0 Å². The minimum absolute atomic E-state index is 0.0261. The molecule has 0 unspecified atom stereocenters. The van der Waals surface area contributed by atoms with Crippen LogP contribution in [-0.2, 0) is 5.41 Å². The van der Waals surface area contributed by atoms with E-state index in [-0.39, 0.29) is 5.41 Å². The highest BCUT2D eigenvalue weighted by Gasteiger charge is 2.22. The molecule has 16 heavy (non-hydrogen) atoms. The molecule has 0 radical (unpaired) electrons. The van der Waals surface area contributed by atoms with E-state index < -0.39 is 0 Å². The number of anilines is 1. The van der Waals surface area contributed by atoms with Crippen molar-refractivity contribution in [1.82, 2.24) is 4.98 Å². The average molecular weight is 230 g/mol. The van der Waals surface area contributed by atoms with Crippen LogP contribution in [0, 0.1) is 12.3 Å². The van der Waals surface area contributed by atoms with Crippen LogP contribution in [-0.4, -0.2) is 4.98 Å². The summed E-state index contributed by atoms with van der Waals surface area (Å²) in [6.07, 6.45) is 5.54. The van der Waals surface area contributed by atoms with E-state index in [2.05, 4.69) is 31.7 Å². The summed E-state index contributed by atoms with van der Waals surface area (Å²) in [5.74, 6) is 2.73. The Bertz CT molecular complexity index is 582. The van der Waals surface area contributed by atoms with Gasteiger partial charge in [-0.25, -0.2) is 4.98 Å². The van der Waals surface area contributed by atoms with Gasteiger partial charge in [-0.1, -0.05) is 38.0 Å². The van der Waals surface area contributed by atoms with Gasteiger partial charge in [0.05, 0.1) is 10.2 Å². The number of nitrogens with zero attached hydrogens (tertiary/aromatic N) is 1. The molecule has 0 atom stereocenters. The van der Waals surface area contributed by atoms with Crippen LogP contribution < -0.4 is 5.73 Å². The molecule has 2 N–H and O–H groups in total. The molecule has 0 saturated carbocycles. The van der Waals surface area contributed by atoms with Crippen molar-refractivity contribution in [2.24, 2.45) is 0 Å². The van der Waals surface area contributed by atoms with E-state index in [1.165, 1.54) is 11.3 Å². The Morgan fingerprint density at radius 2 is 2.06 bits per heavy atom. The normalized spacial score (nSPS) is 11.6. The van der Waals surface area contributed by atoms with Crippen LogP contribution in [0.2, 0.25) is 0 Å². The van der Waals surface area contributed by atoms with Gasteiger partial charge in [0.15, 0.2) is 5.13 Å². The Kier molecular flexibility index (Phi) is 2.40. The Morgan fingerprint density at radius 3 is 2.62 bits per heavy atom. The second-order valence-corrected chi connectivity index (χ2v) is 5.84. The number of nitrogen functional groups attached to an aromatic ring is 1. The molecule has 0 aliphatic heterocycles. The number of benzene rings is 1. The lowest BCUT2D eigenvalue weighted by atomic mass is 9.83. The van der Waals surface area contributed by atoms with Crippen molar-refractivity contribution in [3.05, 3.63) is 23.3 Å². The standard InChI is InChI=1S/C13H14N2S/c1-5-8-6-7-9-11(15-12(14)16-9)10(8)13(2,3)4/h1,6-7H,2-4H3,(H2,14,15). The largest absolute Gasteiger partial charge is 0.375 e. The first-order valence-electron chi connectivity index (χ1n) is 5.09. The van der Waals surface area contributed by atoms with Crippen molar-refractivity contribution < 1.29 is 0 Å². The van der Waals surface area contributed by atoms with Crippen molar-refractivity contribution in [3.63, 3.8) is 0 Å². The number of terminal acetylenes is 1. The molecule has 0 aliphatic carbocycles. The molecule has 0 fully saturated rings. The predicted octanol–water partition coefficient (Wildman–Crippen LogP) is 3.16. The Labute approximate surface area is 99.5 Å². The van der Waals surface area contributed by atoms with E-state index in [0.717, 1.165) is 21.3 Å². The number of nitrogens with two attached hydrogens (primary N) is 1. The number of fused-ring (bicyclic) bond motifs is 1. The summed E-state index contributed by atoms with van der Waals surface area (Å²) >= 11 is 1.50. The van der Waals surface area contributed by atoms with Crippen LogP contribution >= 0.6 is 11.3 Å². The molecule has 0 aliphatic rings. The zero-order valence-electron chi connectivity index (χ0n) is 9.66. The van der Waals surface area contributed by atoms with E-state index in [1.54, 1.807) is 0 Å². The fourth-order valence-electron chi connectivity index (χ4n) is 1.89. The lowest BCUT2D eigenvalue weighted by molar-refractivity contribution is 0.593. The van der Waals surface area contributed by atoms with Gasteiger partial charge in [0.2, 0.25) is 0 Å². The highest BCUT2D eigenvalue weighted by molar-refractivity contribution is 7.22. The number of thiazole rings is 1. The van der Waals surface area contributed by atoms with Gasteiger partial charge in [0, 0.05) is 11.1 Å². The lowest BCUT2D eigenvalue weighted by Gasteiger charge is -2.21. The first kappa shape index (κ1) is 11.0. The molecule has 0 amide bonds. The van der Waals surface area contributed by atoms with Gasteiger partial charge in [-0.3, -0.25) is 0 Å². The summed E-state index contributed by atoms with van der Waals surface area (Å²) in [5.41, 5.74) is 8.69. The van der Waals surface area contributed by atoms with E-state index in [1.807, 2.05) is 12.1 Å². The number of rotatable bonds is 0. The molecule has 2 rings (SSSR count). The first-order chi connectivity index (χ1) is 7.43. The molecule has 1 aromatic carbocycles. The van der Waals surface area contributed by atoms with E-state index >= 15 is 0 Å². The third-order valence-electron chi connectivity index (χ3n) is 2.48. The first-order valence-corrected chi connectivity index (χ1v) is 5.91. The SMILES string of the molecule is C#Cc1ccc2sc(N)nc2c1C(C)(C)C. The van der Waals surface area contributed by atoms with Crippen LogP contribution in [0.4, 0.5) is 5.13 Å². The molecule has 2 aromatic rings. The van der Waals surface area contributed by atoms with Crippen molar-refractivity contribution in [3.8, 4) is 12.3 Å². The number of hydrogen-bond donors (Lipinski definition) is 1. The fraction of sp³-hybridized carbons (Fsp3) is 0.308. The summed E-state index contributed by atoms with van der Waals surface area (Å²) in [6, 6.07) is 3.97. The van der Waals surface area contributed by atoms with Gasteiger partial charge in [-0.15, -0.1) is 6.42 Å². The second kappa shape index (κ2) is 3.50. The van der Waals surface area contributed by atoms with Crippen LogP contribution in [0.1, 0.15) is 31.9 Å². The highest BCUT2D eigenvalue weighted by atomic mass is 32.1. The van der Waals surface area contributed by atoms with Crippen molar-refractivity contribution in [2.75, 3.05) is 5.73 Å². The Morgan fingerprint density at radius 1 is 1.38 bits per heavy atom. The van der Waals surface area contributed by atoms with E-state index in [9.17, 15) is 0 Å². The zero-order chi connectivity index (χ0) is 11.9. The monoisotopic (exact) mass is 230 g/mol. The van der Waals surface area contributed by atoms with Crippen LogP contribution in [0.15, 0.2) is 12.1 Å². The Balaban J connectivity index is 2.90. The summed E-state index contributed by atoms with van der Waals surface area (Å²) in [5, 5.41) is 0.592. The van der Waals surface area contributed by atoms with Crippen LogP contribution in [0.25, 0.3) is 10.2 Å². The zero-order valence-corrected chi connectivity index (χ0v) is 10.5. The number of aromatic nitrogens is 1. The fourth-order valence-corrected chi connectivity index (χ4v) is 2.63. The van der Waals surface area contributed by atoms with Crippen LogP contribution in [0.3, 0.4) is 0 Å². The summed E-state index contributed by atoms with van der Waals surface area (Å²) in [6.45, 7) is 6.41. The third kappa shape index (κ3) is 1.66. The quantitative estimate of drug-likeness (QED) is 0.706. The summed E-state index contributed by atoms with van der Waals surface area (Å²) < 4.78 is 1.10. The summed E-state index contributed by atoms with van der Waals surface area (Å²) in [4.78, 5) is 4.39. The van der Waals surface area contributed by atoms with E-state index in [4.69, 9.17) is 12.2 Å². The van der Waals surface area contributed by atoms with Gasteiger partial charge < -0.3 is 5.73 Å². The van der Waals surface area contributed by atoms with E-state index in [0.29, 0.717) is 5.13 Å². The highest BCUT2D eigenvalue weighted by Crippen LogP contribution is 2.35. The van der Waals surface area contributed by atoms with Gasteiger partial charge in [0.25, 0.3) is 0 Å². The molecular weight excluding hydrogens is 216 g/mol. The predicted molar refractivity (Wildman–Crippen MR) is 70.7 cm³/mol. The summed E-state index contributed by atoms with van der Waals surface area (Å²) in [7, 11) is 0. The van der Waals surface area contributed by atoms with Crippen molar-refractivity contribution in [2.45, 2.75) is 26.2 Å². The van der Waals surface area contributed by atoms with Gasteiger partial charge in [-0.05, 0) is 17.5 Å². The molecular formula is C13H14N2S. The van der Waals surface area contributed by atoms with Crippen LogP contribution in [0.5, 0.6) is 0 Å². The second-order valence-electron chi connectivity index (χ2n) is 4.78.